The number of esters is 6. The molecule has 0 saturated heterocycles. The fourth-order valence-electron chi connectivity index (χ4n) is 8.93. The normalized spacial score (nSPS) is 17.0. The van der Waals surface area contributed by atoms with Crippen LogP contribution in [0.4, 0.5) is 5.13 Å². The molecule has 426 valence electrons. The average Bonchev–Trinajstić information content (AvgIpc) is 3.91. The molecule has 2 fully saturated rings. The zero-order valence-electron chi connectivity index (χ0n) is 45.7. The first-order chi connectivity index (χ1) is 38.8. The number of carbonyl (C=O) groups is 6. The number of benzene rings is 3. The smallest absolute Gasteiger partial charge is 0.330 e. The summed E-state index contributed by atoms with van der Waals surface area (Å²) in [5.74, 6) is -2.21. The Kier molecular flexibility index (Phi) is 25.2. The highest BCUT2D eigenvalue weighted by Crippen LogP contribution is 2.35. The molecule has 3 aromatic carbocycles. The zero-order chi connectivity index (χ0) is 57.1. The SMILES string of the molecule is C=CC(=O)OCCCCCCOC(=C)/C=C\C(=C)OC(=O)[C@H]1CC[C@H](C(=O)Oc2ccc(OC(=O)[C@H]3CC[C@H](C(=O)Oc4ccc(OCCCCCCOC(=O)C=C)cc4)CC3)cc2/C=N/N(CC)c2nc3ccccc3s2)CC1. The van der Waals surface area contributed by atoms with Gasteiger partial charge in [0.2, 0.25) is 5.13 Å². The summed E-state index contributed by atoms with van der Waals surface area (Å²) in [6, 6.07) is 19.5. The highest BCUT2D eigenvalue weighted by Gasteiger charge is 2.34. The van der Waals surface area contributed by atoms with Crippen LogP contribution in [-0.2, 0) is 47.7 Å². The molecule has 0 N–H and O–H groups in total. The molecule has 1 aromatic heterocycles. The first-order valence-corrected chi connectivity index (χ1v) is 28.3. The fourth-order valence-corrected chi connectivity index (χ4v) is 9.92. The van der Waals surface area contributed by atoms with Gasteiger partial charge >= 0.3 is 35.8 Å². The molecule has 0 bridgehead atoms. The van der Waals surface area contributed by atoms with Crippen LogP contribution in [-0.4, -0.2) is 80.0 Å². The summed E-state index contributed by atoms with van der Waals surface area (Å²) < 4.78 is 45.7. The number of nitrogens with zero attached hydrogens (tertiary/aromatic N) is 3. The minimum absolute atomic E-state index is 0.142. The van der Waals surface area contributed by atoms with Crippen molar-refractivity contribution in [3.05, 3.63) is 134 Å². The number of rotatable bonds is 32. The van der Waals surface area contributed by atoms with E-state index in [1.54, 1.807) is 59.8 Å². The van der Waals surface area contributed by atoms with Crippen molar-refractivity contribution < 1.29 is 66.7 Å². The second-order valence-corrected chi connectivity index (χ2v) is 20.4. The lowest BCUT2D eigenvalue weighted by atomic mass is 9.82. The van der Waals surface area contributed by atoms with Gasteiger partial charge in [0, 0.05) is 24.3 Å². The van der Waals surface area contributed by atoms with Crippen LogP contribution in [0.3, 0.4) is 0 Å². The first kappa shape index (κ1) is 61.4. The van der Waals surface area contributed by atoms with Crippen molar-refractivity contribution in [3.63, 3.8) is 0 Å². The molecule has 1 heterocycles. The van der Waals surface area contributed by atoms with Crippen LogP contribution in [0.25, 0.3) is 10.2 Å². The van der Waals surface area contributed by atoms with E-state index in [-0.39, 0.29) is 29.1 Å². The summed E-state index contributed by atoms with van der Waals surface area (Å²) in [5, 5.41) is 7.15. The molecule has 6 rings (SSSR count). The summed E-state index contributed by atoms with van der Waals surface area (Å²) in [7, 11) is 0. The molecule has 2 aliphatic carbocycles. The molecule has 4 aromatic rings. The minimum Gasteiger partial charge on any atom is -0.494 e. The van der Waals surface area contributed by atoms with E-state index in [0.29, 0.717) is 112 Å². The Balaban J connectivity index is 0.969. The van der Waals surface area contributed by atoms with Crippen LogP contribution < -0.4 is 24.0 Å². The van der Waals surface area contributed by atoms with Gasteiger partial charge in [-0.3, -0.25) is 19.2 Å². The number of allylic oxidation sites excluding steroid dienone is 2. The average molecular weight is 1120 g/mol. The molecule has 18 heteroatoms. The molecule has 0 atom stereocenters. The van der Waals surface area contributed by atoms with Crippen LogP contribution in [0.1, 0.15) is 115 Å². The van der Waals surface area contributed by atoms with Crippen LogP contribution >= 0.6 is 11.3 Å². The second-order valence-electron chi connectivity index (χ2n) is 19.4. The predicted octanol–water partition coefficient (Wildman–Crippen LogP) is 12.3. The molecule has 80 heavy (non-hydrogen) atoms. The van der Waals surface area contributed by atoms with E-state index in [2.05, 4.69) is 26.3 Å². The summed E-state index contributed by atoms with van der Waals surface area (Å²) >= 11 is 1.49. The van der Waals surface area contributed by atoms with E-state index < -0.39 is 47.6 Å². The summed E-state index contributed by atoms with van der Waals surface area (Å²) in [6.07, 6.45) is 17.2. The molecular weight excluding hydrogens is 1040 g/mol. The minimum atomic E-state index is -0.482. The van der Waals surface area contributed by atoms with E-state index in [4.69, 9.17) is 48.0 Å². The number of anilines is 1. The maximum Gasteiger partial charge on any atom is 0.330 e. The molecular formula is C62H73N3O14S. The van der Waals surface area contributed by atoms with Gasteiger partial charge in [-0.05, 0) is 176 Å². The van der Waals surface area contributed by atoms with Crippen molar-refractivity contribution in [3.8, 4) is 23.0 Å². The molecule has 17 nitrogen and oxygen atoms in total. The van der Waals surface area contributed by atoms with Gasteiger partial charge in [0.05, 0.1) is 66.5 Å². The van der Waals surface area contributed by atoms with Crippen molar-refractivity contribution in [2.24, 2.45) is 28.8 Å². The number of aromatic nitrogens is 1. The standard InChI is InChI=1S/C62H73N3O14S/c1-6-56(66)74-39-17-11-9-15-37-72-43(4)21-22-44(5)76-58(68)45-23-29-48(30-24-45)61(71)79-54-36-35-52(41-49(54)42-63-65(8-3)62-64-53-19-13-14-20-55(53)80-62)78-60(70)47-27-25-46(26-28-47)59(69)77-51-33-31-50(32-34-51)73-38-16-10-12-18-40-75-57(67)7-2/h6-7,13-14,19-22,31-36,41-42,45-48H,1-2,4-5,8-12,15-18,23-30,37-40H2,3H3/b22-21-,63-42+/t45-,46-,47-,48-. The van der Waals surface area contributed by atoms with Crippen LogP contribution in [0, 0.1) is 23.7 Å². The Labute approximate surface area is 472 Å². The Morgan fingerprint density at radius 1 is 0.588 bits per heavy atom. The van der Waals surface area contributed by atoms with Crippen molar-refractivity contribution in [2.45, 2.75) is 110 Å². The number of thiazole rings is 1. The molecule has 0 radical (unpaired) electrons. The molecule has 0 unspecified atom stereocenters. The van der Waals surface area contributed by atoms with E-state index in [1.165, 1.54) is 17.4 Å². The summed E-state index contributed by atoms with van der Waals surface area (Å²) in [5.41, 5.74) is 1.24. The number of para-hydroxylation sites is 1. The molecule has 0 spiro atoms. The Morgan fingerprint density at radius 3 is 1.64 bits per heavy atom. The number of fused-ring (bicyclic) bond motifs is 1. The number of hydrazone groups is 1. The van der Waals surface area contributed by atoms with Gasteiger partial charge in [-0.15, -0.1) is 0 Å². The van der Waals surface area contributed by atoms with Crippen molar-refractivity contribution in [2.75, 3.05) is 38.0 Å². The largest absolute Gasteiger partial charge is 0.494 e. The number of carbonyl (C=O) groups excluding carboxylic acids is 6. The monoisotopic (exact) mass is 1120 g/mol. The van der Waals surface area contributed by atoms with Gasteiger partial charge in [-0.2, -0.15) is 5.10 Å². The number of hydrogen-bond acceptors (Lipinski definition) is 18. The number of unbranched alkanes of at least 4 members (excludes halogenated alkanes) is 6. The van der Waals surface area contributed by atoms with E-state index in [0.717, 1.165) is 73.7 Å². The summed E-state index contributed by atoms with van der Waals surface area (Å²) in [4.78, 5) is 80.7. The maximum atomic E-state index is 13.8. The van der Waals surface area contributed by atoms with Crippen LogP contribution in [0.2, 0.25) is 0 Å². The lowest BCUT2D eigenvalue weighted by Crippen LogP contribution is -2.30. The fraction of sp³-hybridized carbons (Fsp3) is 0.419. The van der Waals surface area contributed by atoms with Gasteiger partial charge in [0.25, 0.3) is 0 Å². The Hall–Kier alpha value is -7.86. The third kappa shape index (κ3) is 20.4. The van der Waals surface area contributed by atoms with E-state index in [9.17, 15) is 28.8 Å². The topological polar surface area (TPSA) is 205 Å². The predicted molar refractivity (Wildman–Crippen MR) is 305 cm³/mol. The van der Waals surface area contributed by atoms with Gasteiger partial charge in [-0.1, -0.05) is 49.8 Å². The lowest BCUT2D eigenvalue weighted by molar-refractivity contribution is -0.148. The van der Waals surface area contributed by atoms with Gasteiger partial charge in [-0.25, -0.2) is 19.6 Å². The third-order valence-corrected chi connectivity index (χ3v) is 14.6. The van der Waals surface area contributed by atoms with E-state index >= 15 is 0 Å². The molecule has 2 saturated carbocycles. The third-order valence-electron chi connectivity index (χ3n) is 13.5. The Bertz CT molecular complexity index is 2790. The lowest BCUT2D eigenvalue weighted by Gasteiger charge is -2.26. The molecule has 2 aliphatic rings. The van der Waals surface area contributed by atoms with Crippen molar-refractivity contribution in [1.29, 1.82) is 0 Å². The Morgan fingerprint density at radius 2 is 1.07 bits per heavy atom. The maximum absolute atomic E-state index is 13.8. The van der Waals surface area contributed by atoms with Gasteiger partial charge in [0.15, 0.2) is 0 Å². The highest BCUT2D eigenvalue weighted by molar-refractivity contribution is 7.22. The second kappa shape index (κ2) is 32.9. The van der Waals surface area contributed by atoms with Crippen LogP contribution in [0.5, 0.6) is 23.0 Å². The number of ether oxygens (including phenoxy) is 8. The van der Waals surface area contributed by atoms with Crippen molar-refractivity contribution >= 4 is 68.7 Å². The van der Waals surface area contributed by atoms with Crippen molar-refractivity contribution in [1.82, 2.24) is 4.98 Å². The summed E-state index contributed by atoms with van der Waals surface area (Å²) in [6.45, 7) is 18.6. The molecule has 0 aliphatic heterocycles. The van der Waals surface area contributed by atoms with Gasteiger partial charge < -0.3 is 37.9 Å². The first-order valence-electron chi connectivity index (χ1n) is 27.5. The zero-order valence-corrected chi connectivity index (χ0v) is 46.5. The van der Waals surface area contributed by atoms with Gasteiger partial charge in [0.1, 0.15) is 34.5 Å². The number of hydrogen-bond donors (Lipinski definition) is 0. The molecule has 0 amide bonds. The van der Waals surface area contributed by atoms with Crippen LogP contribution in [0.15, 0.2) is 134 Å². The van der Waals surface area contributed by atoms with E-state index in [1.807, 2.05) is 31.2 Å². The quantitative estimate of drug-likeness (QED) is 0.00513. The highest BCUT2D eigenvalue weighted by atomic mass is 32.1.